The van der Waals surface area contributed by atoms with Crippen molar-refractivity contribution in [2.75, 3.05) is 6.54 Å². The summed E-state index contributed by atoms with van der Waals surface area (Å²) in [5.74, 6) is 0.00222. The fourth-order valence-corrected chi connectivity index (χ4v) is 1.59. The minimum Gasteiger partial charge on any atom is -0.288 e. The average Bonchev–Trinajstić information content (AvgIpc) is 2.67. The molecule has 1 heterocycles. The molecule has 0 saturated carbocycles. The van der Waals surface area contributed by atoms with Crippen LogP contribution in [0, 0.1) is 17.2 Å². The molecular formula is C11H10N2. The summed E-state index contributed by atoms with van der Waals surface area (Å²) < 4.78 is 0. The van der Waals surface area contributed by atoms with Gasteiger partial charge in [-0.3, -0.25) is 4.99 Å². The van der Waals surface area contributed by atoms with Gasteiger partial charge in [-0.1, -0.05) is 30.3 Å². The van der Waals surface area contributed by atoms with E-state index in [1.807, 2.05) is 30.3 Å². The molecule has 0 bridgehead atoms. The summed E-state index contributed by atoms with van der Waals surface area (Å²) in [7, 11) is 0. The van der Waals surface area contributed by atoms with Crippen molar-refractivity contribution in [1.29, 1.82) is 5.26 Å². The summed E-state index contributed by atoms with van der Waals surface area (Å²) in [5, 5.41) is 8.87. The Balaban J connectivity index is 2.33. The van der Waals surface area contributed by atoms with Crippen LogP contribution in [0.5, 0.6) is 0 Å². The van der Waals surface area contributed by atoms with E-state index in [0.717, 1.165) is 24.2 Å². The summed E-state index contributed by atoms with van der Waals surface area (Å²) in [4.78, 5) is 4.35. The van der Waals surface area contributed by atoms with Crippen LogP contribution in [0.2, 0.25) is 0 Å². The van der Waals surface area contributed by atoms with Crippen molar-refractivity contribution in [2.45, 2.75) is 6.42 Å². The van der Waals surface area contributed by atoms with Crippen LogP contribution < -0.4 is 0 Å². The molecule has 1 atom stereocenters. The number of nitriles is 1. The van der Waals surface area contributed by atoms with Crippen LogP contribution in [0.4, 0.5) is 0 Å². The molecule has 2 nitrogen and oxygen atoms in total. The average molecular weight is 170 g/mol. The maximum absolute atomic E-state index is 8.87. The number of nitrogens with zero attached hydrogens (tertiary/aromatic N) is 2. The Morgan fingerprint density at radius 1 is 1.31 bits per heavy atom. The molecular weight excluding hydrogens is 160 g/mol. The molecule has 0 saturated heterocycles. The number of rotatable bonds is 1. The predicted molar refractivity (Wildman–Crippen MR) is 51.6 cm³/mol. The van der Waals surface area contributed by atoms with Crippen molar-refractivity contribution < 1.29 is 0 Å². The van der Waals surface area contributed by atoms with Gasteiger partial charge in [0, 0.05) is 6.54 Å². The molecule has 0 N–H and O–H groups in total. The summed E-state index contributed by atoms with van der Waals surface area (Å²) in [6.07, 6.45) is 0.876. The lowest BCUT2D eigenvalue weighted by Crippen LogP contribution is -2.08. The van der Waals surface area contributed by atoms with E-state index in [2.05, 4.69) is 11.1 Å². The normalized spacial score (nSPS) is 20.8. The van der Waals surface area contributed by atoms with Crippen LogP contribution in [0.1, 0.15) is 12.0 Å². The lowest BCUT2D eigenvalue weighted by Gasteiger charge is -2.03. The van der Waals surface area contributed by atoms with Gasteiger partial charge in [0.1, 0.15) is 0 Å². The number of hydrogen-bond donors (Lipinski definition) is 0. The van der Waals surface area contributed by atoms with E-state index < -0.39 is 0 Å². The SMILES string of the molecule is N#CC1CCN=C1c1ccccc1. The van der Waals surface area contributed by atoms with E-state index in [1.54, 1.807) is 0 Å². The molecule has 1 aliphatic rings. The van der Waals surface area contributed by atoms with Crippen LogP contribution in [0.3, 0.4) is 0 Å². The molecule has 0 aliphatic carbocycles. The van der Waals surface area contributed by atoms with Gasteiger partial charge in [0.25, 0.3) is 0 Å². The summed E-state index contributed by atoms with van der Waals surface area (Å²) in [5.41, 5.74) is 2.05. The molecule has 0 aromatic heterocycles. The Bertz CT molecular complexity index is 359. The highest BCUT2D eigenvalue weighted by atomic mass is 14.8. The maximum Gasteiger partial charge on any atom is 0.0903 e. The van der Waals surface area contributed by atoms with Gasteiger partial charge >= 0.3 is 0 Å². The van der Waals surface area contributed by atoms with Gasteiger partial charge in [-0.05, 0) is 12.0 Å². The smallest absolute Gasteiger partial charge is 0.0903 e. The van der Waals surface area contributed by atoms with Crippen molar-refractivity contribution in [1.82, 2.24) is 0 Å². The van der Waals surface area contributed by atoms with Gasteiger partial charge in [0.2, 0.25) is 0 Å². The van der Waals surface area contributed by atoms with E-state index >= 15 is 0 Å². The molecule has 0 spiro atoms. The van der Waals surface area contributed by atoms with Crippen LogP contribution in [-0.4, -0.2) is 12.3 Å². The molecule has 1 unspecified atom stereocenters. The van der Waals surface area contributed by atoms with Crippen molar-refractivity contribution >= 4 is 5.71 Å². The first-order chi connectivity index (χ1) is 6.42. The zero-order valence-electron chi connectivity index (χ0n) is 7.27. The Morgan fingerprint density at radius 2 is 2.08 bits per heavy atom. The molecule has 1 aromatic carbocycles. The molecule has 13 heavy (non-hydrogen) atoms. The second-order valence-corrected chi connectivity index (χ2v) is 3.10. The molecule has 64 valence electrons. The summed E-state index contributed by atoms with van der Waals surface area (Å²) in [6.45, 7) is 0.794. The molecule has 0 radical (unpaired) electrons. The van der Waals surface area contributed by atoms with Crippen LogP contribution >= 0.6 is 0 Å². The Morgan fingerprint density at radius 3 is 2.77 bits per heavy atom. The monoisotopic (exact) mass is 170 g/mol. The number of hydrogen-bond acceptors (Lipinski definition) is 2. The highest BCUT2D eigenvalue weighted by molar-refractivity contribution is 6.04. The summed E-state index contributed by atoms with van der Waals surface area (Å²) in [6, 6.07) is 12.2. The van der Waals surface area contributed by atoms with Gasteiger partial charge in [0.05, 0.1) is 17.7 Å². The van der Waals surface area contributed by atoms with Gasteiger partial charge in [0.15, 0.2) is 0 Å². The third-order valence-electron chi connectivity index (χ3n) is 2.26. The van der Waals surface area contributed by atoms with E-state index in [9.17, 15) is 0 Å². The fraction of sp³-hybridized carbons (Fsp3) is 0.273. The topological polar surface area (TPSA) is 36.1 Å². The zero-order chi connectivity index (χ0) is 9.10. The van der Waals surface area contributed by atoms with Crippen molar-refractivity contribution in [3.63, 3.8) is 0 Å². The minimum atomic E-state index is 0.00222. The Hall–Kier alpha value is -1.62. The van der Waals surface area contributed by atoms with E-state index in [-0.39, 0.29) is 5.92 Å². The lowest BCUT2D eigenvalue weighted by molar-refractivity contribution is 0.830. The maximum atomic E-state index is 8.87. The van der Waals surface area contributed by atoms with Gasteiger partial charge < -0.3 is 0 Å². The fourth-order valence-electron chi connectivity index (χ4n) is 1.59. The van der Waals surface area contributed by atoms with E-state index in [1.165, 1.54) is 0 Å². The van der Waals surface area contributed by atoms with E-state index in [0.29, 0.717) is 0 Å². The van der Waals surface area contributed by atoms with Crippen LogP contribution in [0.15, 0.2) is 35.3 Å². The first-order valence-corrected chi connectivity index (χ1v) is 4.41. The summed E-state index contributed by atoms with van der Waals surface area (Å²) >= 11 is 0. The molecule has 2 rings (SSSR count). The second kappa shape index (κ2) is 3.40. The Kier molecular flexibility index (Phi) is 2.09. The number of aliphatic imine (C=N–C) groups is 1. The largest absolute Gasteiger partial charge is 0.288 e. The zero-order valence-corrected chi connectivity index (χ0v) is 7.27. The van der Waals surface area contributed by atoms with Crippen molar-refractivity contribution in [2.24, 2.45) is 10.9 Å². The first-order valence-electron chi connectivity index (χ1n) is 4.41. The molecule has 1 aromatic rings. The third kappa shape index (κ3) is 1.46. The lowest BCUT2D eigenvalue weighted by atomic mass is 9.98. The van der Waals surface area contributed by atoms with Crippen molar-refractivity contribution in [3.05, 3.63) is 35.9 Å². The third-order valence-corrected chi connectivity index (χ3v) is 2.26. The molecule has 1 aliphatic heterocycles. The molecule has 0 fully saturated rings. The molecule has 0 amide bonds. The van der Waals surface area contributed by atoms with Gasteiger partial charge in [-0.25, -0.2) is 0 Å². The first kappa shape index (κ1) is 8.00. The Labute approximate surface area is 77.5 Å². The quantitative estimate of drug-likeness (QED) is 0.635. The van der Waals surface area contributed by atoms with Gasteiger partial charge in [-0.15, -0.1) is 0 Å². The predicted octanol–water partition coefficient (Wildman–Crippen LogP) is 2.02. The minimum absolute atomic E-state index is 0.00222. The van der Waals surface area contributed by atoms with Crippen molar-refractivity contribution in [3.8, 4) is 6.07 Å². The van der Waals surface area contributed by atoms with Gasteiger partial charge in [-0.2, -0.15) is 5.26 Å². The van der Waals surface area contributed by atoms with Crippen LogP contribution in [-0.2, 0) is 0 Å². The highest BCUT2D eigenvalue weighted by Gasteiger charge is 2.21. The molecule has 2 heteroatoms. The second-order valence-electron chi connectivity index (χ2n) is 3.10. The van der Waals surface area contributed by atoms with E-state index in [4.69, 9.17) is 5.26 Å². The number of benzene rings is 1. The van der Waals surface area contributed by atoms with Crippen LogP contribution in [0.25, 0.3) is 0 Å². The highest BCUT2D eigenvalue weighted by Crippen LogP contribution is 2.18. The standard InChI is InChI=1S/C11H10N2/c12-8-10-6-7-13-11(10)9-4-2-1-3-5-9/h1-5,10H,6-7H2.